The molecule has 0 saturated carbocycles. The number of nitrogens with zero attached hydrogens (tertiary/aromatic N) is 1. The lowest BCUT2D eigenvalue weighted by Crippen LogP contribution is -2.07. The number of thiophene rings is 1. The molecule has 0 radical (unpaired) electrons. The molecule has 0 spiro atoms. The Hall–Kier alpha value is -1.78. The van der Waals surface area contributed by atoms with Gasteiger partial charge in [0.25, 0.3) is 0 Å². The number of ether oxygens (including phenoxy) is 1. The van der Waals surface area contributed by atoms with Crippen LogP contribution in [0, 0.1) is 0 Å². The van der Waals surface area contributed by atoms with E-state index in [-0.39, 0.29) is 5.78 Å². The number of benzene rings is 1. The minimum atomic E-state index is 0.0679. The number of halogens is 1. The smallest absolute Gasteiger partial charge is 0.192 e. The summed E-state index contributed by atoms with van der Waals surface area (Å²) in [6.07, 6.45) is 1.92. The summed E-state index contributed by atoms with van der Waals surface area (Å²) < 4.78 is 8.07. The standard InChI is InChI=1S/C16H14ClNO2S/c1-2-20-12-3-4-13-11(9-12)7-8-18(13)10-14(19)15-5-6-16(17)21-15/h3-9H,2,10H2,1H3. The summed E-state index contributed by atoms with van der Waals surface area (Å²) in [6, 6.07) is 11.4. The number of fused-ring (bicyclic) bond motifs is 1. The van der Waals surface area contributed by atoms with E-state index in [2.05, 4.69) is 0 Å². The number of aromatic nitrogens is 1. The summed E-state index contributed by atoms with van der Waals surface area (Å²) in [7, 11) is 0. The molecular weight excluding hydrogens is 306 g/mol. The van der Waals surface area contributed by atoms with Crippen LogP contribution in [0.3, 0.4) is 0 Å². The molecule has 0 fully saturated rings. The SMILES string of the molecule is CCOc1ccc2c(ccn2CC(=O)c2ccc(Cl)s2)c1. The molecule has 0 N–H and O–H groups in total. The van der Waals surface area contributed by atoms with Crippen LogP contribution in [0.15, 0.2) is 42.6 Å². The van der Waals surface area contributed by atoms with E-state index >= 15 is 0 Å². The Morgan fingerprint density at radius 3 is 2.86 bits per heavy atom. The first-order valence-corrected chi connectivity index (χ1v) is 7.87. The predicted molar refractivity (Wildman–Crippen MR) is 86.8 cm³/mol. The third kappa shape index (κ3) is 2.96. The molecule has 3 aromatic rings. The molecule has 5 heteroatoms. The zero-order valence-corrected chi connectivity index (χ0v) is 13.1. The normalized spacial score (nSPS) is 11.0. The van der Waals surface area contributed by atoms with E-state index < -0.39 is 0 Å². The average Bonchev–Trinajstić information content (AvgIpc) is 3.06. The van der Waals surface area contributed by atoms with Gasteiger partial charge in [-0.2, -0.15) is 0 Å². The van der Waals surface area contributed by atoms with Gasteiger partial charge >= 0.3 is 0 Å². The van der Waals surface area contributed by atoms with Gasteiger partial charge < -0.3 is 9.30 Å². The molecule has 21 heavy (non-hydrogen) atoms. The first-order valence-electron chi connectivity index (χ1n) is 6.67. The molecule has 108 valence electrons. The average molecular weight is 320 g/mol. The number of Topliss-reactive ketones (excluding diaryl/α,β-unsaturated/α-hetero) is 1. The van der Waals surface area contributed by atoms with Gasteiger partial charge in [0.2, 0.25) is 0 Å². The zero-order chi connectivity index (χ0) is 14.8. The van der Waals surface area contributed by atoms with Gasteiger partial charge in [0.05, 0.1) is 22.4 Å². The maximum absolute atomic E-state index is 12.2. The van der Waals surface area contributed by atoms with E-state index in [1.165, 1.54) is 11.3 Å². The Bertz CT molecular complexity index is 791. The molecule has 0 unspecified atom stereocenters. The van der Waals surface area contributed by atoms with E-state index in [4.69, 9.17) is 16.3 Å². The second-order valence-electron chi connectivity index (χ2n) is 4.62. The van der Waals surface area contributed by atoms with Gasteiger partial charge in [-0.25, -0.2) is 0 Å². The highest BCUT2D eigenvalue weighted by Crippen LogP contribution is 2.25. The monoisotopic (exact) mass is 319 g/mol. The second kappa shape index (κ2) is 5.92. The van der Waals surface area contributed by atoms with Crippen molar-refractivity contribution in [3.63, 3.8) is 0 Å². The van der Waals surface area contributed by atoms with E-state index in [1.807, 2.05) is 42.0 Å². The Morgan fingerprint density at radius 1 is 1.29 bits per heavy atom. The highest BCUT2D eigenvalue weighted by molar-refractivity contribution is 7.18. The number of hydrogen-bond donors (Lipinski definition) is 0. The summed E-state index contributed by atoms with van der Waals surface area (Å²) in [5, 5.41) is 1.07. The highest BCUT2D eigenvalue weighted by Gasteiger charge is 2.11. The number of carbonyl (C=O) groups is 1. The van der Waals surface area contributed by atoms with Crippen LogP contribution in [0.2, 0.25) is 4.34 Å². The van der Waals surface area contributed by atoms with Crippen LogP contribution >= 0.6 is 22.9 Å². The van der Waals surface area contributed by atoms with E-state index in [1.54, 1.807) is 12.1 Å². The molecule has 0 saturated heterocycles. The number of hydrogen-bond acceptors (Lipinski definition) is 3. The molecular formula is C16H14ClNO2S. The number of ketones is 1. The Balaban J connectivity index is 1.86. The van der Waals surface area contributed by atoms with E-state index in [0.29, 0.717) is 22.4 Å². The molecule has 3 nitrogen and oxygen atoms in total. The molecule has 0 aliphatic carbocycles. The third-order valence-electron chi connectivity index (χ3n) is 3.22. The van der Waals surface area contributed by atoms with Gasteiger partial charge in [-0.3, -0.25) is 4.79 Å². The van der Waals surface area contributed by atoms with Gasteiger partial charge in [-0.1, -0.05) is 11.6 Å². The Kier molecular flexibility index (Phi) is 3.99. The molecule has 0 amide bonds. The Morgan fingerprint density at radius 2 is 2.14 bits per heavy atom. The summed E-state index contributed by atoms with van der Waals surface area (Å²) >= 11 is 7.19. The van der Waals surface area contributed by atoms with Crippen molar-refractivity contribution in [1.82, 2.24) is 4.57 Å². The largest absolute Gasteiger partial charge is 0.494 e. The van der Waals surface area contributed by atoms with Gasteiger partial charge in [-0.15, -0.1) is 11.3 Å². The fourth-order valence-electron chi connectivity index (χ4n) is 2.27. The van der Waals surface area contributed by atoms with Crippen LogP contribution < -0.4 is 4.74 Å². The fourth-order valence-corrected chi connectivity index (χ4v) is 3.24. The molecule has 0 bridgehead atoms. The summed E-state index contributed by atoms with van der Waals surface area (Å²) in [6.45, 7) is 2.92. The predicted octanol–water partition coefficient (Wildman–Crippen LogP) is 4.64. The fraction of sp³-hybridized carbons (Fsp3) is 0.188. The first-order chi connectivity index (χ1) is 10.2. The van der Waals surface area contributed by atoms with E-state index in [9.17, 15) is 4.79 Å². The van der Waals surface area contributed by atoms with Crippen molar-refractivity contribution in [2.45, 2.75) is 13.5 Å². The van der Waals surface area contributed by atoms with Gasteiger partial charge in [0.1, 0.15) is 5.75 Å². The molecule has 1 aromatic carbocycles. The molecule has 0 atom stereocenters. The van der Waals surface area contributed by atoms with Crippen molar-refractivity contribution < 1.29 is 9.53 Å². The van der Waals surface area contributed by atoms with Crippen molar-refractivity contribution >= 4 is 39.6 Å². The number of carbonyl (C=O) groups excluding carboxylic acids is 1. The summed E-state index contributed by atoms with van der Waals surface area (Å²) in [5.41, 5.74) is 1.02. The molecule has 3 rings (SSSR count). The lowest BCUT2D eigenvalue weighted by atomic mass is 10.2. The maximum Gasteiger partial charge on any atom is 0.192 e. The van der Waals surface area contributed by atoms with Gasteiger partial charge in [-0.05, 0) is 43.3 Å². The van der Waals surface area contributed by atoms with Crippen molar-refractivity contribution in [2.24, 2.45) is 0 Å². The van der Waals surface area contributed by atoms with Crippen molar-refractivity contribution in [3.05, 3.63) is 51.8 Å². The first kappa shape index (κ1) is 14.2. The van der Waals surface area contributed by atoms with Crippen LogP contribution in [-0.4, -0.2) is 17.0 Å². The van der Waals surface area contributed by atoms with Crippen molar-refractivity contribution in [1.29, 1.82) is 0 Å². The van der Waals surface area contributed by atoms with Crippen LogP contribution in [0.1, 0.15) is 16.6 Å². The minimum absolute atomic E-state index is 0.0679. The minimum Gasteiger partial charge on any atom is -0.494 e. The molecule has 0 aliphatic rings. The topological polar surface area (TPSA) is 31.2 Å². The lowest BCUT2D eigenvalue weighted by Gasteiger charge is -2.06. The van der Waals surface area contributed by atoms with Crippen LogP contribution in [0.4, 0.5) is 0 Å². The highest BCUT2D eigenvalue weighted by atomic mass is 35.5. The Labute approximate surface area is 131 Å². The third-order valence-corrected chi connectivity index (χ3v) is 4.49. The van der Waals surface area contributed by atoms with E-state index in [0.717, 1.165) is 16.7 Å². The van der Waals surface area contributed by atoms with Crippen LogP contribution in [0.5, 0.6) is 5.75 Å². The van der Waals surface area contributed by atoms with Crippen molar-refractivity contribution in [2.75, 3.05) is 6.61 Å². The maximum atomic E-state index is 12.2. The van der Waals surface area contributed by atoms with Crippen LogP contribution in [-0.2, 0) is 6.54 Å². The molecule has 2 aromatic heterocycles. The van der Waals surface area contributed by atoms with Crippen LogP contribution in [0.25, 0.3) is 10.9 Å². The zero-order valence-electron chi connectivity index (χ0n) is 11.5. The second-order valence-corrected chi connectivity index (χ2v) is 6.34. The van der Waals surface area contributed by atoms with Gasteiger partial charge in [0.15, 0.2) is 5.78 Å². The summed E-state index contributed by atoms with van der Waals surface area (Å²) in [4.78, 5) is 12.9. The quantitative estimate of drug-likeness (QED) is 0.642. The summed E-state index contributed by atoms with van der Waals surface area (Å²) in [5.74, 6) is 0.914. The molecule has 0 aliphatic heterocycles. The number of rotatable bonds is 5. The van der Waals surface area contributed by atoms with Gasteiger partial charge in [0, 0.05) is 17.1 Å². The van der Waals surface area contributed by atoms with Crippen molar-refractivity contribution in [3.8, 4) is 5.75 Å². The lowest BCUT2D eigenvalue weighted by molar-refractivity contribution is 0.0977. The molecule has 2 heterocycles.